The Kier molecular flexibility index (Phi) is 8.02. The third-order valence-corrected chi connectivity index (χ3v) is 6.80. The van der Waals surface area contributed by atoms with E-state index in [0.29, 0.717) is 5.41 Å². The van der Waals surface area contributed by atoms with Gasteiger partial charge in [-0.1, -0.05) is 76.5 Å². The average molecular weight is 377 g/mol. The summed E-state index contributed by atoms with van der Waals surface area (Å²) in [4.78, 5) is 13.0. The minimum atomic E-state index is 0.160. The van der Waals surface area contributed by atoms with Gasteiger partial charge in [0.1, 0.15) is 0 Å². The first kappa shape index (κ1) is 20.5. The van der Waals surface area contributed by atoms with Crippen LogP contribution in [-0.2, 0) is 0 Å². The van der Waals surface area contributed by atoms with Gasteiger partial charge in [-0.25, -0.2) is 0 Å². The van der Waals surface area contributed by atoms with E-state index in [1.54, 1.807) is 0 Å². The number of unbranched alkanes of at least 4 members (excludes halogenated alkanes) is 2. The second-order valence-corrected chi connectivity index (χ2v) is 10.4. The Hall–Kier alpha value is -0.800. The molecule has 0 saturated heterocycles. The van der Waals surface area contributed by atoms with Crippen molar-refractivity contribution in [2.75, 3.05) is 5.75 Å². The normalized spacial score (nSPS) is 12.2. The summed E-state index contributed by atoms with van der Waals surface area (Å²) < 4.78 is 1.26. The van der Waals surface area contributed by atoms with Gasteiger partial charge in [-0.05, 0) is 42.4 Å². The zero-order valence-corrected chi connectivity index (χ0v) is 17.8. The molecule has 1 aromatic carbocycles. The highest BCUT2D eigenvalue weighted by Crippen LogP contribution is 2.32. The van der Waals surface area contributed by atoms with E-state index in [-0.39, 0.29) is 4.74 Å². The van der Waals surface area contributed by atoms with Gasteiger partial charge in [-0.15, -0.1) is 11.8 Å². The van der Waals surface area contributed by atoms with Gasteiger partial charge in [-0.2, -0.15) is 0 Å². The van der Waals surface area contributed by atoms with Gasteiger partial charge >= 0.3 is 0 Å². The summed E-state index contributed by atoms with van der Waals surface area (Å²) in [5.41, 5.74) is 0.478. The smallest absolute Gasteiger partial charge is 0.234 e. The Morgan fingerprint density at radius 3 is 2.60 bits per heavy atom. The fourth-order valence-corrected chi connectivity index (χ4v) is 5.13. The lowest BCUT2D eigenvalue weighted by Crippen LogP contribution is -2.12. The molecule has 0 fully saturated rings. The predicted molar refractivity (Wildman–Crippen MR) is 115 cm³/mol. The molecule has 0 aliphatic carbocycles. The van der Waals surface area contributed by atoms with Gasteiger partial charge in [0.25, 0.3) is 0 Å². The molecule has 3 heteroatoms. The first-order chi connectivity index (χ1) is 11.9. The molecule has 25 heavy (non-hydrogen) atoms. The Labute approximate surface area is 161 Å². The minimum Gasteiger partial charge on any atom is -0.278 e. The fourth-order valence-electron chi connectivity index (χ4n) is 3.07. The van der Waals surface area contributed by atoms with Crippen LogP contribution in [0.3, 0.4) is 0 Å². The zero-order chi connectivity index (χ0) is 18.3. The van der Waals surface area contributed by atoms with Crippen LogP contribution in [0.1, 0.15) is 66.2 Å². The topological polar surface area (TPSA) is 17.1 Å². The van der Waals surface area contributed by atoms with Crippen LogP contribution < -0.4 is 4.74 Å². The van der Waals surface area contributed by atoms with Crippen molar-refractivity contribution in [3.05, 3.63) is 39.9 Å². The van der Waals surface area contributed by atoms with Crippen LogP contribution in [0.5, 0.6) is 0 Å². The third-order valence-electron chi connectivity index (χ3n) is 4.77. The Balaban J connectivity index is 1.74. The molecule has 1 nitrogen and oxygen atoms in total. The summed E-state index contributed by atoms with van der Waals surface area (Å²) in [5.74, 6) is 1.91. The van der Waals surface area contributed by atoms with Gasteiger partial charge in [0.15, 0.2) is 0 Å². The molecule has 2 rings (SSSR count). The summed E-state index contributed by atoms with van der Waals surface area (Å²) in [6.07, 6.45) is 7.83. The average Bonchev–Trinajstić information content (AvgIpc) is 2.56. The molecule has 1 aromatic heterocycles. The molecule has 0 aliphatic rings. The summed E-state index contributed by atoms with van der Waals surface area (Å²) in [6, 6.07) is 10.1. The van der Waals surface area contributed by atoms with Crippen LogP contribution in [0.15, 0.2) is 40.0 Å². The first-order valence-corrected chi connectivity index (χ1v) is 11.3. The van der Waals surface area contributed by atoms with E-state index in [1.165, 1.54) is 55.2 Å². The third kappa shape index (κ3) is 7.15. The number of fused-ring (bicyclic) bond motifs is 1. The molecule has 0 bridgehead atoms. The van der Waals surface area contributed by atoms with Crippen LogP contribution in [0.4, 0.5) is 0 Å². The molecule has 0 amide bonds. The van der Waals surface area contributed by atoms with E-state index in [0.717, 1.165) is 21.3 Å². The SMILES string of the molecule is CC(C)CCC(C)(C)CCCCCSc1cc(=O)sc2ccccc12. The van der Waals surface area contributed by atoms with Crippen LogP contribution in [0, 0.1) is 11.3 Å². The van der Waals surface area contributed by atoms with Crippen molar-refractivity contribution in [1.82, 2.24) is 0 Å². The number of benzene rings is 1. The molecule has 0 saturated carbocycles. The van der Waals surface area contributed by atoms with Gasteiger partial charge < -0.3 is 0 Å². The van der Waals surface area contributed by atoms with Crippen molar-refractivity contribution >= 4 is 33.2 Å². The van der Waals surface area contributed by atoms with E-state index in [9.17, 15) is 4.79 Å². The highest BCUT2D eigenvalue weighted by atomic mass is 32.2. The lowest BCUT2D eigenvalue weighted by molar-refractivity contribution is 0.272. The molecule has 0 aliphatic heterocycles. The monoisotopic (exact) mass is 376 g/mol. The number of rotatable bonds is 10. The van der Waals surface area contributed by atoms with Crippen molar-refractivity contribution in [3.63, 3.8) is 0 Å². The Morgan fingerprint density at radius 1 is 1.08 bits per heavy atom. The maximum Gasteiger partial charge on any atom is 0.234 e. The van der Waals surface area contributed by atoms with Gasteiger partial charge in [-0.3, -0.25) is 4.79 Å². The van der Waals surface area contributed by atoms with Crippen molar-refractivity contribution in [3.8, 4) is 0 Å². The van der Waals surface area contributed by atoms with E-state index in [4.69, 9.17) is 0 Å². The minimum absolute atomic E-state index is 0.160. The second kappa shape index (κ2) is 9.78. The summed E-state index contributed by atoms with van der Waals surface area (Å²) >= 11 is 3.19. The maximum absolute atomic E-state index is 11.9. The first-order valence-electron chi connectivity index (χ1n) is 9.53. The number of hydrogen-bond donors (Lipinski definition) is 0. The summed E-state index contributed by atoms with van der Waals surface area (Å²) in [7, 11) is 0. The van der Waals surface area contributed by atoms with Crippen molar-refractivity contribution in [1.29, 1.82) is 0 Å². The Bertz CT molecular complexity index is 715. The molecule has 0 N–H and O–H groups in total. The molecular formula is C22H32OS2. The lowest BCUT2D eigenvalue weighted by atomic mass is 9.81. The van der Waals surface area contributed by atoms with Crippen LogP contribution >= 0.6 is 23.1 Å². The molecule has 0 unspecified atom stereocenters. The van der Waals surface area contributed by atoms with Crippen LogP contribution in [-0.4, -0.2) is 5.75 Å². The van der Waals surface area contributed by atoms with Gasteiger partial charge in [0, 0.05) is 21.0 Å². The van der Waals surface area contributed by atoms with Crippen LogP contribution in [0.2, 0.25) is 0 Å². The fraction of sp³-hybridized carbons (Fsp3) is 0.591. The van der Waals surface area contributed by atoms with Gasteiger partial charge in [0.05, 0.1) is 0 Å². The second-order valence-electron chi connectivity index (χ2n) is 8.18. The van der Waals surface area contributed by atoms with Gasteiger partial charge in [0.2, 0.25) is 4.74 Å². The zero-order valence-electron chi connectivity index (χ0n) is 16.1. The summed E-state index contributed by atoms with van der Waals surface area (Å²) in [5, 5.41) is 1.23. The largest absolute Gasteiger partial charge is 0.278 e. The van der Waals surface area contributed by atoms with Crippen molar-refractivity contribution in [2.24, 2.45) is 11.3 Å². The number of hydrogen-bond acceptors (Lipinski definition) is 3. The molecule has 0 radical (unpaired) electrons. The standard InChI is InChI=1S/C22H32OS2/c1-17(2)12-14-22(3,4)13-8-5-9-15-24-20-16-21(23)25-19-11-7-6-10-18(19)20/h6-7,10-11,16-17H,5,8-9,12-15H2,1-4H3. The maximum atomic E-state index is 11.9. The molecular weight excluding hydrogens is 344 g/mol. The Morgan fingerprint density at radius 2 is 1.84 bits per heavy atom. The van der Waals surface area contributed by atoms with E-state index in [2.05, 4.69) is 39.8 Å². The molecule has 0 atom stereocenters. The van der Waals surface area contributed by atoms with E-state index >= 15 is 0 Å². The summed E-state index contributed by atoms with van der Waals surface area (Å²) in [6.45, 7) is 9.46. The lowest BCUT2D eigenvalue weighted by Gasteiger charge is -2.25. The molecule has 0 spiro atoms. The van der Waals surface area contributed by atoms with E-state index in [1.807, 2.05) is 30.0 Å². The molecule has 1 heterocycles. The molecule has 138 valence electrons. The number of thioether (sulfide) groups is 1. The van der Waals surface area contributed by atoms with E-state index < -0.39 is 0 Å². The van der Waals surface area contributed by atoms with Crippen LogP contribution in [0.25, 0.3) is 10.1 Å². The molecule has 2 aromatic rings. The highest BCUT2D eigenvalue weighted by molar-refractivity contribution is 7.99. The quantitative estimate of drug-likeness (QED) is 0.318. The van der Waals surface area contributed by atoms with Crippen molar-refractivity contribution in [2.45, 2.75) is 71.1 Å². The predicted octanol–water partition coefficient (Wildman–Crippen LogP) is 7.38. The highest BCUT2D eigenvalue weighted by Gasteiger charge is 2.17. The van der Waals surface area contributed by atoms with Crippen molar-refractivity contribution < 1.29 is 0 Å².